The van der Waals surface area contributed by atoms with Crippen LogP contribution in [0, 0.1) is 0 Å². The van der Waals surface area contributed by atoms with Crippen LogP contribution in [0.15, 0.2) is 24.3 Å². The van der Waals surface area contributed by atoms with Crippen molar-refractivity contribution in [3.05, 3.63) is 29.8 Å². The largest absolute Gasteiger partial charge is 0.388 e. The van der Waals surface area contributed by atoms with Crippen LogP contribution in [0.2, 0.25) is 0 Å². The van der Waals surface area contributed by atoms with Gasteiger partial charge in [0.15, 0.2) is 5.78 Å². The van der Waals surface area contributed by atoms with Crippen molar-refractivity contribution in [1.82, 2.24) is 0 Å². The maximum atomic E-state index is 11.0. The molecular weight excluding hydrogens is 161 g/mol. The molecule has 1 rings (SSSR count). The number of nitrogens with one attached hydrogen (secondary N) is 1. The van der Waals surface area contributed by atoms with Gasteiger partial charge in [0, 0.05) is 26.7 Å². The average Bonchev–Trinajstić information content (AvgIpc) is 2.04. The molecule has 69 valence electrons. The van der Waals surface area contributed by atoms with E-state index in [-0.39, 0.29) is 21.6 Å². The summed E-state index contributed by atoms with van der Waals surface area (Å²) in [5, 5.41) is 2.96. The van der Waals surface area contributed by atoms with E-state index in [1.165, 1.54) is 0 Å². The van der Waals surface area contributed by atoms with Crippen molar-refractivity contribution in [2.45, 2.75) is 14.4 Å². The third kappa shape index (κ3) is 3.32. The van der Waals surface area contributed by atoms with Crippen LogP contribution in [0.1, 0.15) is 24.7 Å². The van der Waals surface area contributed by atoms with Crippen LogP contribution >= 0.6 is 0 Å². The summed E-state index contributed by atoms with van der Waals surface area (Å²) in [7, 11) is 1.81. The standard InChI is InChI=1S/C9H11NO.CH4.B/c1-7(11)8-5-3-4-6-9(8)10-2;;/h3-6,10H,1-2H3;1H4;. The van der Waals surface area contributed by atoms with Gasteiger partial charge in [-0.15, -0.1) is 0 Å². The van der Waals surface area contributed by atoms with Crippen LogP contribution in [0.3, 0.4) is 0 Å². The third-order valence-corrected chi connectivity index (χ3v) is 1.58. The minimum absolute atomic E-state index is 0. The van der Waals surface area contributed by atoms with Gasteiger partial charge in [-0.05, 0) is 19.1 Å². The summed E-state index contributed by atoms with van der Waals surface area (Å²) < 4.78 is 0. The Balaban J connectivity index is 0. The highest BCUT2D eigenvalue weighted by Gasteiger charge is 2.02. The van der Waals surface area contributed by atoms with Crippen LogP contribution < -0.4 is 5.32 Å². The summed E-state index contributed by atoms with van der Waals surface area (Å²) in [5.74, 6) is 0.0925. The number of anilines is 1. The van der Waals surface area contributed by atoms with Crippen molar-refractivity contribution in [2.24, 2.45) is 0 Å². The lowest BCUT2D eigenvalue weighted by Crippen LogP contribution is -1.98. The van der Waals surface area contributed by atoms with E-state index in [4.69, 9.17) is 0 Å². The first-order valence-electron chi connectivity index (χ1n) is 3.53. The van der Waals surface area contributed by atoms with Gasteiger partial charge in [0.2, 0.25) is 0 Å². The Kier molecular flexibility index (Phi) is 6.91. The van der Waals surface area contributed by atoms with Crippen LogP contribution in [0.4, 0.5) is 5.69 Å². The second-order valence-corrected chi connectivity index (χ2v) is 2.35. The second kappa shape index (κ2) is 6.29. The number of Topliss-reactive ketones (excluding diaryl/α,β-unsaturated/α-hetero) is 1. The highest BCUT2D eigenvalue weighted by molar-refractivity contribution is 5.99. The minimum atomic E-state index is 0. The summed E-state index contributed by atoms with van der Waals surface area (Å²) in [6, 6.07) is 7.46. The monoisotopic (exact) mass is 176 g/mol. The molecule has 1 aromatic carbocycles. The van der Waals surface area contributed by atoms with Gasteiger partial charge in [-0.3, -0.25) is 4.79 Å². The molecule has 0 atom stereocenters. The van der Waals surface area contributed by atoms with Crippen LogP contribution in [-0.2, 0) is 0 Å². The number of carbonyl (C=O) groups excluding carboxylic acids is 1. The molecule has 0 aliphatic heterocycles. The molecule has 0 amide bonds. The Bertz CT molecular complexity index is 273. The minimum Gasteiger partial charge on any atom is -0.388 e. The highest BCUT2D eigenvalue weighted by Crippen LogP contribution is 2.13. The number of hydrogen-bond acceptors (Lipinski definition) is 2. The smallest absolute Gasteiger partial charge is 0.161 e. The Hall–Kier alpha value is -1.25. The van der Waals surface area contributed by atoms with Gasteiger partial charge in [0.1, 0.15) is 0 Å². The number of rotatable bonds is 2. The first-order valence-corrected chi connectivity index (χ1v) is 3.53. The van der Waals surface area contributed by atoms with E-state index < -0.39 is 0 Å². The van der Waals surface area contributed by atoms with E-state index in [1.54, 1.807) is 6.92 Å². The van der Waals surface area contributed by atoms with Gasteiger partial charge in [-0.25, -0.2) is 0 Å². The van der Waals surface area contributed by atoms with E-state index in [9.17, 15) is 4.79 Å². The Labute approximate surface area is 81.9 Å². The van der Waals surface area contributed by atoms with Crippen molar-refractivity contribution in [3.8, 4) is 0 Å². The molecule has 3 heteroatoms. The normalized spacial score (nSPS) is 7.85. The van der Waals surface area contributed by atoms with Gasteiger partial charge in [-0.1, -0.05) is 19.6 Å². The van der Waals surface area contributed by atoms with Crippen LogP contribution in [0.25, 0.3) is 0 Å². The molecule has 0 bridgehead atoms. The quantitative estimate of drug-likeness (QED) is 0.552. The zero-order chi connectivity index (χ0) is 8.27. The average molecular weight is 176 g/mol. The molecule has 0 spiro atoms. The molecule has 0 fully saturated rings. The number of ketones is 1. The predicted octanol–water partition coefficient (Wildman–Crippen LogP) is 2.19. The first-order chi connectivity index (χ1) is 5.25. The SMILES string of the molecule is C.CNc1ccccc1C(C)=O.[B]. The number of benzene rings is 1. The van der Waals surface area contributed by atoms with E-state index in [1.807, 2.05) is 31.3 Å². The zero-order valence-corrected chi connectivity index (χ0v) is 7.29. The van der Waals surface area contributed by atoms with Gasteiger partial charge < -0.3 is 5.32 Å². The summed E-state index contributed by atoms with van der Waals surface area (Å²) in [6.45, 7) is 1.57. The fourth-order valence-corrected chi connectivity index (χ4v) is 1.01. The van der Waals surface area contributed by atoms with E-state index in [0.29, 0.717) is 0 Å². The number of carbonyl (C=O) groups is 1. The molecule has 13 heavy (non-hydrogen) atoms. The molecule has 0 heterocycles. The molecule has 0 aliphatic carbocycles. The lowest BCUT2D eigenvalue weighted by molar-refractivity contribution is 0.101. The molecule has 0 saturated heterocycles. The van der Waals surface area contributed by atoms with Gasteiger partial charge in [0.25, 0.3) is 0 Å². The second-order valence-electron chi connectivity index (χ2n) is 2.35. The van der Waals surface area contributed by atoms with Crippen molar-refractivity contribution in [1.29, 1.82) is 0 Å². The molecular formula is C10H15BNO. The Morgan fingerprint density at radius 1 is 1.31 bits per heavy atom. The molecule has 0 aromatic heterocycles. The molecule has 2 nitrogen and oxygen atoms in total. The third-order valence-electron chi connectivity index (χ3n) is 1.58. The van der Waals surface area contributed by atoms with Gasteiger partial charge in [-0.2, -0.15) is 0 Å². The molecule has 1 aromatic rings. The van der Waals surface area contributed by atoms with Crippen molar-refractivity contribution in [3.63, 3.8) is 0 Å². The molecule has 0 saturated carbocycles. The fraction of sp³-hybridized carbons (Fsp3) is 0.300. The van der Waals surface area contributed by atoms with E-state index >= 15 is 0 Å². The number of hydrogen-bond donors (Lipinski definition) is 1. The Morgan fingerprint density at radius 2 is 1.85 bits per heavy atom. The fourth-order valence-electron chi connectivity index (χ4n) is 1.01. The van der Waals surface area contributed by atoms with E-state index in [2.05, 4.69) is 5.32 Å². The Morgan fingerprint density at radius 3 is 2.23 bits per heavy atom. The molecule has 0 aliphatic rings. The summed E-state index contributed by atoms with van der Waals surface area (Å²) >= 11 is 0. The van der Waals surface area contributed by atoms with Gasteiger partial charge >= 0.3 is 0 Å². The predicted molar refractivity (Wildman–Crippen MR) is 58.5 cm³/mol. The number of para-hydroxylation sites is 1. The van der Waals surface area contributed by atoms with Crippen molar-refractivity contribution >= 4 is 19.9 Å². The molecule has 1 N–H and O–H groups in total. The summed E-state index contributed by atoms with van der Waals surface area (Å²) in [4.78, 5) is 11.0. The zero-order valence-electron chi connectivity index (χ0n) is 7.29. The summed E-state index contributed by atoms with van der Waals surface area (Å²) in [5.41, 5.74) is 1.63. The maximum absolute atomic E-state index is 11.0. The summed E-state index contributed by atoms with van der Waals surface area (Å²) in [6.07, 6.45) is 0. The van der Waals surface area contributed by atoms with Crippen molar-refractivity contribution < 1.29 is 4.79 Å². The lowest BCUT2D eigenvalue weighted by Gasteiger charge is -2.03. The lowest BCUT2D eigenvalue weighted by atomic mass is 10.1. The first kappa shape index (κ1) is 14.3. The topological polar surface area (TPSA) is 29.1 Å². The van der Waals surface area contributed by atoms with Crippen LogP contribution in [-0.4, -0.2) is 21.2 Å². The van der Waals surface area contributed by atoms with E-state index in [0.717, 1.165) is 11.3 Å². The van der Waals surface area contributed by atoms with Crippen molar-refractivity contribution in [2.75, 3.05) is 12.4 Å². The van der Waals surface area contributed by atoms with Crippen LogP contribution in [0.5, 0.6) is 0 Å². The maximum Gasteiger partial charge on any atom is 0.161 e. The molecule has 3 radical (unpaired) electrons. The highest BCUT2D eigenvalue weighted by atomic mass is 16.1. The van der Waals surface area contributed by atoms with Gasteiger partial charge in [0.05, 0.1) is 0 Å². The molecule has 0 unspecified atom stereocenters.